The minimum Gasteiger partial charge on any atom is -0.481 e. The summed E-state index contributed by atoms with van der Waals surface area (Å²) in [6.45, 7) is 6.38. The maximum Gasteiger partial charge on any atom is 0.303 e. The van der Waals surface area contributed by atoms with Crippen LogP contribution in [0.2, 0.25) is 0 Å². The lowest BCUT2D eigenvalue weighted by atomic mass is 9.98. The van der Waals surface area contributed by atoms with Crippen molar-refractivity contribution >= 4 is 23.6 Å². The largest absolute Gasteiger partial charge is 0.481 e. The van der Waals surface area contributed by atoms with Crippen LogP contribution < -0.4 is 11.1 Å². The van der Waals surface area contributed by atoms with Gasteiger partial charge >= 0.3 is 11.9 Å². The highest BCUT2D eigenvalue weighted by atomic mass is 16.4. The molecule has 0 aromatic rings. The summed E-state index contributed by atoms with van der Waals surface area (Å²) in [6.07, 6.45) is 0.847. The topological polar surface area (TPSA) is 147 Å². The second kappa shape index (κ2) is 13.7. The van der Waals surface area contributed by atoms with Crippen LogP contribution in [0.25, 0.3) is 0 Å². The number of primary amides is 1. The first-order chi connectivity index (χ1) is 10.6. The summed E-state index contributed by atoms with van der Waals surface area (Å²) in [4.78, 5) is 41.8. The predicted octanol–water partition coefficient (Wildman–Crippen LogP) is 0.781. The number of carboxylic acid groups (broad SMARTS) is 2. The molecule has 23 heavy (non-hydrogen) atoms. The molecule has 0 bridgehead atoms. The molecule has 0 spiro atoms. The molecular weight excluding hydrogens is 304 g/mol. The smallest absolute Gasteiger partial charge is 0.303 e. The van der Waals surface area contributed by atoms with Gasteiger partial charge in [0.25, 0.3) is 0 Å². The van der Waals surface area contributed by atoms with Crippen molar-refractivity contribution in [2.75, 3.05) is 6.54 Å². The monoisotopic (exact) mass is 332 g/mol. The molecule has 1 atom stereocenters. The molecule has 0 aromatic heterocycles. The van der Waals surface area contributed by atoms with E-state index in [0.29, 0.717) is 6.42 Å². The average Bonchev–Trinajstić information content (AvgIpc) is 2.42. The zero-order valence-corrected chi connectivity index (χ0v) is 14.0. The molecular formula is C15H28N2O6. The number of nitrogens with two attached hydrogens (primary N) is 1. The van der Waals surface area contributed by atoms with Crippen molar-refractivity contribution in [1.29, 1.82) is 0 Å². The summed E-state index contributed by atoms with van der Waals surface area (Å²) in [5.41, 5.74) is 5.04. The number of carboxylic acids is 2. The predicted molar refractivity (Wildman–Crippen MR) is 84.9 cm³/mol. The van der Waals surface area contributed by atoms with Gasteiger partial charge in [0.2, 0.25) is 5.91 Å². The lowest BCUT2D eigenvalue weighted by Gasteiger charge is -2.17. The number of carbonyl (C=O) groups is 4. The zero-order chi connectivity index (χ0) is 18.4. The maximum absolute atomic E-state index is 11.6. The van der Waals surface area contributed by atoms with Gasteiger partial charge in [-0.25, -0.2) is 0 Å². The van der Waals surface area contributed by atoms with E-state index in [0.717, 1.165) is 6.54 Å². The van der Waals surface area contributed by atoms with Gasteiger partial charge in [0.1, 0.15) is 0 Å². The highest BCUT2D eigenvalue weighted by Gasteiger charge is 2.20. The SMILES string of the molecule is CCNC(CCC(N)=O)C(=O)C(C)C.O=C(O)CCCC(=O)O. The van der Waals surface area contributed by atoms with Crippen LogP contribution in [0.15, 0.2) is 0 Å². The van der Waals surface area contributed by atoms with Gasteiger partial charge < -0.3 is 21.3 Å². The van der Waals surface area contributed by atoms with E-state index in [4.69, 9.17) is 15.9 Å². The Morgan fingerprint density at radius 1 is 1.00 bits per heavy atom. The molecule has 0 rings (SSSR count). The van der Waals surface area contributed by atoms with Crippen molar-refractivity contribution in [3.8, 4) is 0 Å². The molecule has 134 valence electrons. The second-order valence-electron chi connectivity index (χ2n) is 5.31. The lowest BCUT2D eigenvalue weighted by molar-refractivity contribution is -0.138. The maximum atomic E-state index is 11.6. The molecule has 0 radical (unpaired) electrons. The Hall–Kier alpha value is -1.96. The highest BCUT2D eigenvalue weighted by molar-refractivity contribution is 5.86. The average molecular weight is 332 g/mol. The molecule has 8 nitrogen and oxygen atoms in total. The van der Waals surface area contributed by atoms with Crippen molar-refractivity contribution in [3.05, 3.63) is 0 Å². The van der Waals surface area contributed by atoms with E-state index < -0.39 is 11.9 Å². The number of rotatable bonds is 11. The van der Waals surface area contributed by atoms with Crippen molar-refractivity contribution in [2.45, 2.75) is 58.9 Å². The fraction of sp³-hybridized carbons (Fsp3) is 0.733. The third kappa shape index (κ3) is 16.2. The number of nitrogens with one attached hydrogen (secondary N) is 1. The first-order valence-corrected chi connectivity index (χ1v) is 7.60. The third-order valence-corrected chi connectivity index (χ3v) is 2.82. The van der Waals surface area contributed by atoms with Crippen LogP contribution in [0, 0.1) is 5.92 Å². The number of hydrogen-bond acceptors (Lipinski definition) is 5. The minimum atomic E-state index is -0.948. The first kappa shape index (κ1) is 23.3. The molecule has 1 amide bonds. The fourth-order valence-corrected chi connectivity index (χ4v) is 1.67. The number of ketones is 1. The molecule has 5 N–H and O–H groups in total. The molecule has 0 aliphatic rings. The van der Waals surface area contributed by atoms with Gasteiger partial charge in [-0.15, -0.1) is 0 Å². The summed E-state index contributed by atoms with van der Waals surface area (Å²) < 4.78 is 0. The van der Waals surface area contributed by atoms with Crippen LogP contribution >= 0.6 is 0 Å². The number of Topliss-reactive ketones (excluding diaryl/α,β-unsaturated/α-hetero) is 1. The van der Waals surface area contributed by atoms with E-state index in [1.165, 1.54) is 0 Å². The van der Waals surface area contributed by atoms with Crippen LogP contribution in [0.5, 0.6) is 0 Å². The number of carbonyl (C=O) groups excluding carboxylic acids is 2. The number of aliphatic carboxylic acids is 2. The first-order valence-electron chi connectivity index (χ1n) is 7.60. The summed E-state index contributed by atoms with van der Waals surface area (Å²) >= 11 is 0. The Morgan fingerprint density at radius 2 is 1.48 bits per heavy atom. The molecule has 0 saturated carbocycles. The Balaban J connectivity index is 0. The van der Waals surface area contributed by atoms with Gasteiger partial charge in [-0.2, -0.15) is 0 Å². The minimum absolute atomic E-state index is 0.00748. The van der Waals surface area contributed by atoms with Crippen LogP contribution in [0.4, 0.5) is 0 Å². The van der Waals surface area contributed by atoms with Crippen molar-refractivity contribution in [3.63, 3.8) is 0 Å². The zero-order valence-electron chi connectivity index (χ0n) is 14.0. The quantitative estimate of drug-likeness (QED) is 0.437. The molecule has 0 heterocycles. The van der Waals surface area contributed by atoms with Gasteiger partial charge in [0.15, 0.2) is 5.78 Å². The number of amides is 1. The molecule has 0 saturated heterocycles. The summed E-state index contributed by atoms with van der Waals surface area (Å²) in [5.74, 6) is -2.11. The molecule has 0 aliphatic heterocycles. The molecule has 0 aliphatic carbocycles. The van der Waals surface area contributed by atoms with Gasteiger partial charge in [0.05, 0.1) is 6.04 Å². The Morgan fingerprint density at radius 3 is 1.78 bits per heavy atom. The van der Waals surface area contributed by atoms with E-state index in [1.807, 2.05) is 20.8 Å². The van der Waals surface area contributed by atoms with Crippen LogP contribution in [0.1, 0.15) is 52.9 Å². The Labute approximate surface area is 136 Å². The summed E-state index contributed by atoms with van der Waals surface area (Å²) in [5, 5.41) is 19.1. The van der Waals surface area contributed by atoms with E-state index >= 15 is 0 Å². The standard InChI is InChI=1S/C10H20N2O2.C5H8O4/c1-4-12-8(5-6-9(11)13)10(14)7(2)3;6-4(7)2-1-3-5(8)9/h7-8,12H,4-6H2,1-3H3,(H2,11,13);1-3H2,(H,6,7)(H,8,9). The van der Waals surface area contributed by atoms with Gasteiger partial charge in [-0.1, -0.05) is 20.8 Å². The fourth-order valence-electron chi connectivity index (χ4n) is 1.67. The highest BCUT2D eigenvalue weighted by Crippen LogP contribution is 2.05. The second-order valence-corrected chi connectivity index (χ2v) is 5.31. The van der Waals surface area contributed by atoms with Crippen molar-refractivity contribution < 1.29 is 29.4 Å². The Kier molecular flexibility index (Phi) is 13.9. The molecule has 0 aromatic carbocycles. The van der Waals surface area contributed by atoms with E-state index in [1.54, 1.807) is 0 Å². The third-order valence-electron chi connectivity index (χ3n) is 2.82. The van der Waals surface area contributed by atoms with E-state index in [-0.39, 0.29) is 49.3 Å². The molecule has 1 unspecified atom stereocenters. The Bertz CT molecular complexity index is 381. The van der Waals surface area contributed by atoms with Gasteiger partial charge in [-0.3, -0.25) is 19.2 Å². The number of likely N-dealkylation sites (N-methyl/N-ethyl adjacent to an activating group) is 1. The van der Waals surface area contributed by atoms with E-state index in [9.17, 15) is 19.2 Å². The number of hydrogen-bond donors (Lipinski definition) is 4. The summed E-state index contributed by atoms with van der Waals surface area (Å²) in [6, 6.07) is -0.229. The van der Waals surface area contributed by atoms with Crippen molar-refractivity contribution in [2.24, 2.45) is 11.7 Å². The lowest BCUT2D eigenvalue weighted by Crippen LogP contribution is -2.39. The van der Waals surface area contributed by atoms with Gasteiger partial charge in [0, 0.05) is 25.2 Å². The molecule has 8 heteroatoms. The normalized spacial score (nSPS) is 11.3. The summed E-state index contributed by atoms with van der Waals surface area (Å²) in [7, 11) is 0. The van der Waals surface area contributed by atoms with Crippen LogP contribution in [-0.4, -0.2) is 46.4 Å². The van der Waals surface area contributed by atoms with Crippen LogP contribution in [-0.2, 0) is 19.2 Å². The molecule has 0 fully saturated rings. The van der Waals surface area contributed by atoms with Crippen molar-refractivity contribution in [1.82, 2.24) is 5.32 Å². The van der Waals surface area contributed by atoms with Crippen LogP contribution in [0.3, 0.4) is 0 Å². The van der Waals surface area contributed by atoms with E-state index in [2.05, 4.69) is 5.32 Å². The van der Waals surface area contributed by atoms with Gasteiger partial charge in [-0.05, 0) is 19.4 Å².